The van der Waals surface area contributed by atoms with Gasteiger partial charge in [-0.3, -0.25) is 4.79 Å². The van der Waals surface area contributed by atoms with Crippen molar-refractivity contribution in [3.8, 4) is 0 Å². The number of carbonyl (C=O) groups is 1. The molecular formula is C9H14O. The van der Waals surface area contributed by atoms with Gasteiger partial charge in [0.05, 0.1) is 0 Å². The van der Waals surface area contributed by atoms with Gasteiger partial charge >= 0.3 is 0 Å². The Labute approximate surface area is 62.4 Å². The van der Waals surface area contributed by atoms with Crippen LogP contribution in [0.3, 0.4) is 0 Å². The molecule has 10 heavy (non-hydrogen) atoms. The number of hydrogen-bond acceptors (Lipinski definition) is 1. The largest absolute Gasteiger partial charge is 0.295 e. The average Bonchev–Trinajstić information content (AvgIpc) is 1.87. The van der Waals surface area contributed by atoms with E-state index in [1.807, 2.05) is 6.92 Å². The molecular weight excluding hydrogens is 124 g/mol. The van der Waals surface area contributed by atoms with Crippen LogP contribution in [0.5, 0.6) is 0 Å². The summed E-state index contributed by atoms with van der Waals surface area (Å²) in [4.78, 5) is 11.0. The Hall–Kier alpha value is -0.850. The third-order valence-corrected chi connectivity index (χ3v) is 1.39. The van der Waals surface area contributed by atoms with E-state index in [9.17, 15) is 4.79 Å². The molecule has 0 N–H and O–H groups in total. The molecule has 56 valence electrons. The lowest BCUT2D eigenvalue weighted by Gasteiger charge is -2.02. The fourth-order valence-electron chi connectivity index (χ4n) is 0.550. The van der Waals surface area contributed by atoms with E-state index in [4.69, 9.17) is 0 Å². The highest BCUT2D eigenvalue weighted by atomic mass is 16.1. The number of allylic oxidation sites excluding steroid dienone is 2. The third kappa shape index (κ3) is 3.23. The lowest BCUT2D eigenvalue weighted by atomic mass is 10.0. The van der Waals surface area contributed by atoms with Crippen molar-refractivity contribution in [2.45, 2.75) is 20.3 Å². The van der Waals surface area contributed by atoms with Gasteiger partial charge in [0.1, 0.15) is 0 Å². The predicted octanol–water partition coefficient (Wildman–Crippen LogP) is 2.34. The van der Waals surface area contributed by atoms with Crippen LogP contribution in [0, 0.1) is 5.92 Å². The van der Waals surface area contributed by atoms with Crippen molar-refractivity contribution in [1.82, 2.24) is 0 Å². The molecule has 1 nitrogen and oxygen atoms in total. The molecule has 0 saturated heterocycles. The molecule has 0 aromatic heterocycles. The van der Waals surface area contributed by atoms with E-state index in [0.717, 1.165) is 0 Å². The highest BCUT2D eigenvalue weighted by molar-refractivity contribution is 5.94. The number of Topliss-reactive ketones (excluding diaryl/α,β-unsaturated/α-hetero) is 1. The van der Waals surface area contributed by atoms with Gasteiger partial charge in [-0.1, -0.05) is 19.6 Å². The molecule has 0 aliphatic heterocycles. The van der Waals surface area contributed by atoms with Crippen LogP contribution in [0.15, 0.2) is 24.8 Å². The molecule has 0 fully saturated rings. The van der Waals surface area contributed by atoms with Gasteiger partial charge in [-0.05, 0) is 18.4 Å². The molecule has 0 rings (SSSR count). The summed E-state index contributed by atoms with van der Waals surface area (Å²) >= 11 is 0. The van der Waals surface area contributed by atoms with Gasteiger partial charge in [-0.2, -0.15) is 0 Å². The van der Waals surface area contributed by atoms with Gasteiger partial charge in [-0.15, -0.1) is 6.58 Å². The molecule has 0 amide bonds. The fraction of sp³-hybridized carbons (Fsp3) is 0.444. The average molecular weight is 138 g/mol. The Morgan fingerprint density at radius 1 is 1.70 bits per heavy atom. The van der Waals surface area contributed by atoms with Crippen molar-refractivity contribution in [1.29, 1.82) is 0 Å². The first-order valence-corrected chi connectivity index (χ1v) is 3.39. The Morgan fingerprint density at radius 2 is 2.20 bits per heavy atom. The van der Waals surface area contributed by atoms with Crippen molar-refractivity contribution in [3.05, 3.63) is 24.8 Å². The Kier molecular flexibility index (Phi) is 3.70. The van der Waals surface area contributed by atoms with Crippen LogP contribution in [0.4, 0.5) is 0 Å². The first-order valence-electron chi connectivity index (χ1n) is 3.39. The second kappa shape index (κ2) is 4.04. The first kappa shape index (κ1) is 9.15. The van der Waals surface area contributed by atoms with Gasteiger partial charge in [0.2, 0.25) is 0 Å². The summed E-state index contributed by atoms with van der Waals surface area (Å²) in [7, 11) is 0. The maximum Gasteiger partial charge on any atom is 0.158 e. The zero-order valence-corrected chi connectivity index (χ0v) is 6.68. The molecule has 0 aliphatic rings. The van der Waals surface area contributed by atoms with Crippen LogP contribution < -0.4 is 0 Å². The lowest BCUT2D eigenvalue weighted by Crippen LogP contribution is -2.03. The van der Waals surface area contributed by atoms with Crippen molar-refractivity contribution in [2.75, 3.05) is 0 Å². The highest BCUT2D eigenvalue weighted by Gasteiger charge is 2.05. The second-order valence-electron chi connectivity index (χ2n) is 2.62. The maximum atomic E-state index is 11.0. The van der Waals surface area contributed by atoms with Crippen LogP contribution in [-0.2, 0) is 4.79 Å². The number of ketones is 1. The van der Waals surface area contributed by atoms with E-state index in [-0.39, 0.29) is 11.7 Å². The monoisotopic (exact) mass is 138 g/mol. The van der Waals surface area contributed by atoms with Gasteiger partial charge in [-0.25, -0.2) is 0 Å². The van der Waals surface area contributed by atoms with Gasteiger partial charge in [0.25, 0.3) is 0 Å². The van der Waals surface area contributed by atoms with Gasteiger partial charge in [0, 0.05) is 6.42 Å². The van der Waals surface area contributed by atoms with E-state index >= 15 is 0 Å². The number of hydrogen-bond donors (Lipinski definition) is 0. The van der Waals surface area contributed by atoms with Crippen LogP contribution in [0.2, 0.25) is 0 Å². The van der Waals surface area contributed by atoms with Crippen molar-refractivity contribution in [2.24, 2.45) is 5.92 Å². The van der Waals surface area contributed by atoms with Crippen LogP contribution in [0.1, 0.15) is 20.3 Å². The fourth-order valence-corrected chi connectivity index (χ4v) is 0.550. The van der Waals surface area contributed by atoms with Crippen molar-refractivity contribution >= 4 is 5.78 Å². The van der Waals surface area contributed by atoms with E-state index in [0.29, 0.717) is 12.0 Å². The number of carbonyl (C=O) groups excluding carboxylic acids is 1. The smallest absolute Gasteiger partial charge is 0.158 e. The molecule has 0 aromatic rings. The summed E-state index contributed by atoms with van der Waals surface area (Å²) in [6, 6.07) is 0. The zero-order chi connectivity index (χ0) is 8.15. The van der Waals surface area contributed by atoms with Crippen molar-refractivity contribution in [3.63, 3.8) is 0 Å². The van der Waals surface area contributed by atoms with Gasteiger partial charge < -0.3 is 0 Å². The molecule has 0 aliphatic carbocycles. The van der Waals surface area contributed by atoms with Crippen LogP contribution >= 0.6 is 0 Å². The minimum absolute atomic E-state index is 0.132. The molecule has 1 atom stereocenters. The molecule has 0 bridgehead atoms. The standard InChI is InChI=1S/C9H14O/c1-5-8(4)6-9(10)7(2)3/h5,8H,1-2,6H2,3-4H3/t8-/m1/s1. The minimum Gasteiger partial charge on any atom is -0.295 e. The summed E-state index contributed by atoms with van der Waals surface area (Å²) in [5, 5.41) is 0. The molecule has 0 heterocycles. The van der Waals surface area contributed by atoms with Crippen molar-refractivity contribution < 1.29 is 4.79 Å². The minimum atomic E-state index is 0.132. The summed E-state index contributed by atoms with van der Waals surface area (Å²) in [6.45, 7) is 10.9. The van der Waals surface area contributed by atoms with Crippen LogP contribution in [0.25, 0.3) is 0 Å². The molecule has 0 unspecified atom stereocenters. The second-order valence-corrected chi connectivity index (χ2v) is 2.62. The Balaban J connectivity index is 3.79. The Morgan fingerprint density at radius 3 is 2.50 bits per heavy atom. The summed E-state index contributed by atoms with van der Waals surface area (Å²) in [6.07, 6.45) is 2.32. The SMILES string of the molecule is C=C[C@@H](C)CC(=O)C(=C)C. The van der Waals surface area contributed by atoms with E-state index in [2.05, 4.69) is 13.2 Å². The molecule has 0 aromatic carbocycles. The molecule has 1 heteroatoms. The molecule has 0 spiro atoms. The molecule has 0 radical (unpaired) electrons. The van der Waals surface area contributed by atoms with E-state index < -0.39 is 0 Å². The molecule has 0 saturated carbocycles. The number of rotatable bonds is 4. The van der Waals surface area contributed by atoms with E-state index in [1.54, 1.807) is 13.0 Å². The zero-order valence-electron chi connectivity index (χ0n) is 6.68. The topological polar surface area (TPSA) is 17.1 Å². The van der Waals surface area contributed by atoms with Crippen LogP contribution in [-0.4, -0.2) is 5.78 Å². The van der Waals surface area contributed by atoms with E-state index in [1.165, 1.54) is 0 Å². The Bertz CT molecular complexity index is 156. The lowest BCUT2D eigenvalue weighted by molar-refractivity contribution is -0.116. The quantitative estimate of drug-likeness (QED) is 0.430. The first-order chi connectivity index (χ1) is 4.57. The summed E-state index contributed by atoms with van der Waals surface area (Å²) in [5.74, 6) is 0.400. The normalized spacial score (nSPS) is 12.2. The highest BCUT2D eigenvalue weighted by Crippen LogP contribution is 2.06. The third-order valence-electron chi connectivity index (χ3n) is 1.39. The van der Waals surface area contributed by atoms with Gasteiger partial charge in [0.15, 0.2) is 5.78 Å². The summed E-state index contributed by atoms with van der Waals surface area (Å²) in [5.41, 5.74) is 0.633. The summed E-state index contributed by atoms with van der Waals surface area (Å²) < 4.78 is 0. The predicted molar refractivity (Wildman–Crippen MR) is 43.8 cm³/mol. The maximum absolute atomic E-state index is 11.0.